The van der Waals surface area contributed by atoms with Crippen molar-refractivity contribution < 1.29 is 13.5 Å². The molecule has 0 N–H and O–H groups in total. The van der Waals surface area contributed by atoms with Crippen molar-refractivity contribution in [2.45, 2.75) is 13.5 Å². The van der Waals surface area contributed by atoms with Gasteiger partial charge in [-0.05, 0) is 31.0 Å². The van der Waals surface area contributed by atoms with Crippen molar-refractivity contribution in [1.82, 2.24) is 9.97 Å². The second kappa shape index (κ2) is 5.91. The van der Waals surface area contributed by atoms with E-state index < -0.39 is 6.61 Å². The van der Waals surface area contributed by atoms with Crippen LogP contribution < -0.4 is 4.74 Å². The van der Waals surface area contributed by atoms with Gasteiger partial charge in [0.1, 0.15) is 5.69 Å². The van der Waals surface area contributed by atoms with Crippen LogP contribution in [0.4, 0.5) is 8.78 Å². The number of hydrogen-bond acceptors (Lipinski definition) is 3. The molecule has 2 heterocycles. The Morgan fingerprint density at radius 1 is 1.21 bits per heavy atom. The van der Waals surface area contributed by atoms with Crippen LogP contribution in [0.3, 0.4) is 0 Å². The quantitative estimate of drug-likeness (QED) is 0.779. The molecule has 0 fully saturated rings. The molecule has 2 aromatic heterocycles. The molecular formula is C14H10F2N2O. The highest BCUT2D eigenvalue weighted by Gasteiger charge is 2.04. The van der Waals surface area contributed by atoms with E-state index in [1.165, 1.54) is 6.07 Å². The van der Waals surface area contributed by atoms with Crippen LogP contribution in [0, 0.1) is 18.8 Å². The molecule has 5 heteroatoms. The minimum atomic E-state index is -2.89. The summed E-state index contributed by atoms with van der Waals surface area (Å²) < 4.78 is 28.3. The number of rotatable bonds is 2. The van der Waals surface area contributed by atoms with Gasteiger partial charge in [-0.2, -0.15) is 8.78 Å². The van der Waals surface area contributed by atoms with Crippen molar-refractivity contribution in [3.8, 4) is 17.7 Å². The highest BCUT2D eigenvalue weighted by molar-refractivity contribution is 5.40. The molecule has 0 radical (unpaired) electrons. The SMILES string of the molecule is Cc1cc(C#Cc2cccc(OC(F)F)n2)ccn1. The molecule has 2 rings (SSSR count). The van der Waals surface area contributed by atoms with Crippen molar-refractivity contribution in [2.24, 2.45) is 0 Å². The number of alkyl halides is 2. The lowest BCUT2D eigenvalue weighted by atomic mass is 10.2. The van der Waals surface area contributed by atoms with Crippen molar-refractivity contribution in [1.29, 1.82) is 0 Å². The fourth-order valence-electron chi connectivity index (χ4n) is 1.40. The summed E-state index contributed by atoms with van der Waals surface area (Å²) in [4.78, 5) is 7.91. The van der Waals surface area contributed by atoms with Crippen LogP contribution in [0.15, 0.2) is 36.5 Å². The standard InChI is InChI=1S/C14H10F2N2O/c1-10-9-11(7-8-17-10)5-6-12-3-2-4-13(18-12)19-14(15)16/h2-4,7-9,14H,1H3. The van der Waals surface area contributed by atoms with Crippen molar-refractivity contribution in [2.75, 3.05) is 0 Å². The molecule has 0 aliphatic rings. The first-order chi connectivity index (χ1) is 9.13. The Morgan fingerprint density at radius 2 is 2.05 bits per heavy atom. The summed E-state index contributed by atoms with van der Waals surface area (Å²) in [7, 11) is 0. The average Bonchev–Trinajstić information content (AvgIpc) is 2.36. The van der Waals surface area contributed by atoms with E-state index in [9.17, 15) is 8.78 Å². The largest absolute Gasteiger partial charge is 0.417 e. The third-order valence-corrected chi connectivity index (χ3v) is 2.16. The first-order valence-electron chi connectivity index (χ1n) is 5.50. The molecule has 0 aromatic carbocycles. The van der Waals surface area contributed by atoms with Crippen molar-refractivity contribution in [3.05, 3.63) is 53.5 Å². The van der Waals surface area contributed by atoms with E-state index in [1.807, 2.05) is 13.0 Å². The molecule has 0 amide bonds. The van der Waals surface area contributed by atoms with Crippen LogP contribution in [0.2, 0.25) is 0 Å². The molecule has 19 heavy (non-hydrogen) atoms. The molecule has 0 bridgehead atoms. The minimum absolute atomic E-state index is 0.146. The van der Waals surface area contributed by atoms with Crippen molar-refractivity contribution >= 4 is 0 Å². The zero-order valence-electron chi connectivity index (χ0n) is 10.1. The fraction of sp³-hybridized carbons (Fsp3) is 0.143. The normalized spacial score (nSPS) is 9.89. The maximum Gasteiger partial charge on any atom is 0.388 e. The van der Waals surface area contributed by atoms with E-state index in [0.29, 0.717) is 5.69 Å². The molecule has 3 nitrogen and oxygen atoms in total. The van der Waals surface area contributed by atoms with E-state index in [1.54, 1.807) is 24.4 Å². The first kappa shape index (κ1) is 13.0. The second-order valence-electron chi connectivity index (χ2n) is 3.68. The summed E-state index contributed by atoms with van der Waals surface area (Å²) in [5, 5.41) is 0. The lowest BCUT2D eigenvalue weighted by molar-refractivity contribution is -0.0528. The van der Waals surface area contributed by atoms with E-state index in [-0.39, 0.29) is 5.88 Å². The Labute approximate surface area is 109 Å². The molecule has 0 aliphatic carbocycles. The van der Waals surface area contributed by atoms with Gasteiger partial charge in [-0.25, -0.2) is 4.98 Å². The smallest absolute Gasteiger partial charge is 0.388 e. The lowest BCUT2D eigenvalue weighted by Gasteiger charge is -2.02. The number of pyridine rings is 2. The van der Waals surface area contributed by atoms with E-state index >= 15 is 0 Å². The molecule has 0 aliphatic heterocycles. The summed E-state index contributed by atoms with van der Waals surface area (Å²) in [6.07, 6.45) is 1.66. The fourth-order valence-corrected chi connectivity index (χ4v) is 1.40. The summed E-state index contributed by atoms with van der Waals surface area (Å²) in [5.41, 5.74) is 2.01. The van der Waals surface area contributed by atoms with Gasteiger partial charge in [0.15, 0.2) is 0 Å². The first-order valence-corrected chi connectivity index (χ1v) is 5.50. The highest BCUT2D eigenvalue weighted by atomic mass is 19.3. The number of hydrogen-bond donors (Lipinski definition) is 0. The van der Waals surface area contributed by atoms with Gasteiger partial charge in [-0.15, -0.1) is 0 Å². The van der Waals surface area contributed by atoms with Gasteiger partial charge in [0, 0.05) is 23.5 Å². The topological polar surface area (TPSA) is 35.0 Å². The number of aryl methyl sites for hydroxylation is 1. The molecule has 0 atom stereocenters. The van der Waals surface area contributed by atoms with Crippen LogP contribution in [0.5, 0.6) is 5.88 Å². The van der Waals surface area contributed by atoms with Crippen LogP contribution in [0.25, 0.3) is 0 Å². The van der Waals surface area contributed by atoms with E-state index in [0.717, 1.165) is 11.3 Å². The zero-order valence-corrected chi connectivity index (χ0v) is 10.1. The molecule has 2 aromatic rings. The number of aromatic nitrogens is 2. The van der Waals surface area contributed by atoms with Crippen molar-refractivity contribution in [3.63, 3.8) is 0 Å². The van der Waals surface area contributed by atoms with Gasteiger partial charge in [-0.1, -0.05) is 12.0 Å². The van der Waals surface area contributed by atoms with Gasteiger partial charge >= 0.3 is 6.61 Å². The molecule has 0 spiro atoms. The predicted octanol–water partition coefficient (Wildman–Crippen LogP) is 2.79. The van der Waals surface area contributed by atoms with Gasteiger partial charge < -0.3 is 4.74 Å². The molecule has 96 valence electrons. The highest BCUT2D eigenvalue weighted by Crippen LogP contribution is 2.10. The molecule has 0 unspecified atom stereocenters. The third-order valence-electron chi connectivity index (χ3n) is 2.16. The maximum atomic E-state index is 12.0. The van der Waals surface area contributed by atoms with Gasteiger partial charge in [0.2, 0.25) is 5.88 Å². The summed E-state index contributed by atoms with van der Waals surface area (Å²) >= 11 is 0. The third kappa shape index (κ3) is 4.03. The zero-order chi connectivity index (χ0) is 13.7. The second-order valence-corrected chi connectivity index (χ2v) is 3.68. The molecule has 0 saturated carbocycles. The number of halogens is 2. The maximum absolute atomic E-state index is 12.0. The monoisotopic (exact) mass is 260 g/mol. The Hall–Kier alpha value is -2.48. The van der Waals surface area contributed by atoms with Gasteiger partial charge in [0.25, 0.3) is 0 Å². The Bertz CT molecular complexity index is 633. The summed E-state index contributed by atoms with van der Waals surface area (Å²) in [6.45, 7) is -1.03. The van der Waals surface area contributed by atoms with E-state index in [4.69, 9.17) is 0 Å². The summed E-state index contributed by atoms with van der Waals surface area (Å²) in [6, 6.07) is 8.13. The lowest BCUT2D eigenvalue weighted by Crippen LogP contribution is -2.03. The minimum Gasteiger partial charge on any atom is -0.417 e. The van der Waals surface area contributed by atoms with Gasteiger partial charge in [-0.3, -0.25) is 4.98 Å². The van der Waals surface area contributed by atoms with Crippen LogP contribution in [-0.2, 0) is 0 Å². The van der Waals surface area contributed by atoms with Crippen LogP contribution in [-0.4, -0.2) is 16.6 Å². The average molecular weight is 260 g/mol. The molecular weight excluding hydrogens is 250 g/mol. The Balaban J connectivity index is 2.20. The number of ether oxygens (including phenoxy) is 1. The van der Waals surface area contributed by atoms with Gasteiger partial charge in [0.05, 0.1) is 0 Å². The predicted molar refractivity (Wildman–Crippen MR) is 65.8 cm³/mol. The van der Waals surface area contributed by atoms with Crippen LogP contribution in [0.1, 0.15) is 17.0 Å². The van der Waals surface area contributed by atoms with Crippen LogP contribution >= 0.6 is 0 Å². The summed E-state index contributed by atoms with van der Waals surface area (Å²) in [5.74, 6) is 5.53. The number of nitrogens with zero attached hydrogens (tertiary/aromatic N) is 2. The van der Waals surface area contributed by atoms with E-state index in [2.05, 4.69) is 26.5 Å². The molecule has 0 saturated heterocycles. The Morgan fingerprint density at radius 3 is 2.79 bits per heavy atom. The Kier molecular flexibility index (Phi) is 4.04.